The summed E-state index contributed by atoms with van der Waals surface area (Å²) in [4.78, 5) is 11.1. The first-order valence-electron chi connectivity index (χ1n) is 4.34. The van der Waals surface area contributed by atoms with Gasteiger partial charge >= 0.3 is 0 Å². The van der Waals surface area contributed by atoms with E-state index in [4.69, 9.17) is 0 Å². The molecule has 0 spiro atoms. The quantitative estimate of drug-likeness (QED) is 0.654. The molecule has 3 nitrogen and oxygen atoms in total. The summed E-state index contributed by atoms with van der Waals surface area (Å²) in [6, 6.07) is 0. The molecule has 3 heteroatoms. The van der Waals surface area contributed by atoms with Crippen molar-refractivity contribution in [2.75, 3.05) is 7.05 Å². The lowest BCUT2D eigenvalue weighted by Crippen LogP contribution is -2.21. The van der Waals surface area contributed by atoms with Gasteiger partial charge in [-0.1, -0.05) is 13.3 Å². The van der Waals surface area contributed by atoms with Gasteiger partial charge in [-0.2, -0.15) is 0 Å². The van der Waals surface area contributed by atoms with E-state index < -0.39 is 0 Å². The Morgan fingerprint density at radius 2 is 2.17 bits per heavy atom. The number of carbonyl (C=O) groups excluding carboxylic acids is 1. The molecule has 0 aromatic carbocycles. The number of rotatable bonds is 5. The normalized spacial score (nSPS) is 11.1. The molecular formula is C9H18N2O. The highest BCUT2D eigenvalue weighted by molar-refractivity contribution is 5.77. The summed E-state index contributed by atoms with van der Waals surface area (Å²) >= 11 is 0. The minimum Gasteiger partial charge on any atom is -0.393 e. The zero-order valence-corrected chi connectivity index (χ0v) is 8.11. The van der Waals surface area contributed by atoms with Crippen LogP contribution in [-0.2, 0) is 4.79 Å². The van der Waals surface area contributed by atoms with Gasteiger partial charge in [0.25, 0.3) is 0 Å². The van der Waals surface area contributed by atoms with E-state index in [1.165, 1.54) is 0 Å². The smallest absolute Gasteiger partial charge is 0.224 e. The van der Waals surface area contributed by atoms with Crippen molar-refractivity contribution in [2.45, 2.75) is 33.1 Å². The van der Waals surface area contributed by atoms with Crippen LogP contribution in [0.15, 0.2) is 11.9 Å². The van der Waals surface area contributed by atoms with Crippen LogP contribution in [0.25, 0.3) is 0 Å². The molecule has 0 aromatic rings. The minimum absolute atomic E-state index is 0.0980. The van der Waals surface area contributed by atoms with Crippen molar-refractivity contribution >= 4 is 5.91 Å². The lowest BCUT2D eigenvalue weighted by atomic mass is 10.2. The largest absolute Gasteiger partial charge is 0.393 e. The van der Waals surface area contributed by atoms with Crippen LogP contribution < -0.4 is 10.6 Å². The monoisotopic (exact) mass is 170 g/mol. The highest BCUT2D eigenvalue weighted by Crippen LogP contribution is 1.94. The number of hydrogen-bond acceptors (Lipinski definition) is 2. The number of hydrogen-bond donors (Lipinski definition) is 2. The van der Waals surface area contributed by atoms with Crippen molar-refractivity contribution < 1.29 is 4.79 Å². The molecule has 0 radical (unpaired) electrons. The Balaban J connectivity index is 3.61. The van der Waals surface area contributed by atoms with Crippen LogP contribution in [0.4, 0.5) is 0 Å². The van der Waals surface area contributed by atoms with Gasteiger partial charge in [0.05, 0.1) is 0 Å². The van der Waals surface area contributed by atoms with E-state index >= 15 is 0 Å². The molecule has 2 N–H and O–H groups in total. The predicted octanol–water partition coefficient (Wildman–Crippen LogP) is 1.37. The van der Waals surface area contributed by atoms with Gasteiger partial charge in [-0.05, 0) is 13.3 Å². The average Bonchev–Trinajstić information content (AvgIpc) is 2.01. The Morgan fingerprint density at radius 1 is 1.50 bits per heavy atom. The lowest BCUT2D eigenvalue weighted by Gasteiger charge is -2.03. The first-order chi connectivity index (χ1) is 5.70. The van der Waals surface area contributed by atoms with Gasteiger partial charge in [0.1, 0.15) is 0 Å². The number of unbranched alkanes of at least 4 members (excludes halogenated alkanes) is 1. The van der Waals surface area contributed by atoms with Crippen LogP contribution in [0.5, 0.6) is 0 Å². The first-order valence-corrected chi connectivity index (χ1v) is 4.34. The summed E-state index contributed by atoms with van der Waals surface area (Å²) < 4.78 is 0. The van der Waals surface area contributed by atoms with Crippen molar-refractivity contribution in [1.29, 1.82) is 0 Å². The van der Waals surface area contributed by atoms with E-state index in [-0.39, 0.29) is 5.91 Å². The molecule has 0 aromatic heterocycles. The third kappa shape index (κ3) is 5.77. The number of amides is 1. The maximum atomic E-state index is 11.1. The van der Waals surface area contributed by atoms with Crippen molar-refractivity contribution in [3.63, 3.8) is 0 Å². The van der Waals surface area contributed by atoms with Gasteiger partial charge in [0, 0.05) is 25.4 Å². The van der Waals surface area contributed by atoms with Gasteiger partial charge in [-0.3, -0.25) is 4.79 Å². The van der Waals surface area contributed by atoms with Crippen molar-refractivity contribution in [3.8, 4) is 0 Å². The summed E-state index contributed by atoms with van der Waals surface area (Å²) in [5.74, 6) is 0.0980. The Morgan fingerprint density at radius 3 is 2.67 bits per heavy atom. The van der Waals surface area contributed by atoms with Crippen molar-refractivity contribution in [1.82, 2.24) is 10.6 Å². The molecule has 0 bridgehead atoms. The summed E-state index contributed by atoms with van der Waals surface area (Å²) in [5.41, 5.74) is 0.860. The fourth-order valence-electron chi connectivity index (χ4n) is 0.872. The summed E-state index contributed by atoms with van der Waals surface area (Å²) in [6.45, 7) is 3.93. The van der Waals surface area contributed by atoms with Gasteiger partial charge in [0.15, 0.2) is 0 Å². The molecule has 0 saturated carbocycles. The maximum Gasteiger partial charge on any atom is 0.224 e. The molecule has 0 aliphatic carbocycles. The molecule has 0 rings (SSSR count). The third-order valence-corrected chi connectivity index (χ3v) is 1.45. The molecule has 0 heterocycles. The molecule has 0 fully saturated rings. The second-order valence-corrected chi connectivity index (χ2v) is 2.77. The second-order valence-electron chi connectivity index (χ2n) is 2.77. The summed E-state index contributed by atoms with van der Waals surface area (Å²) in [5, 5.41) is 5.63. The Bertz CT molecular complexity index is 164. The van der Waals surface area contributed by atoms with Crippen LogP contribution in [0, 0.1) is 0 Å². The standard InChI is InChI=1S/C9H18N2O/c1-4-5-6-9(12)11-8(2)7-10-3/h7,10H,4-6H2,1-3H3,(H,11,12)/b8-7+. The molecule has 1 amide bonds. The van der Waals surface area contributed by atoms with E-state index in [2.05, 4.69) is 17.6 Å². The molecule has 0 atom stereocenters. The number of allylic oxidation sites excluding steroid dienone is 1. The van der Waals surface area contributed by atoms with Crippen molar-refractivity contribution in [3.05, 3.63) is 11.9 Å². The van der Waals surface area contributed by atoms with Crippen LogP contribution in [0.2, 0.25) is 0 Å². The lowest BCUT2D eigenvalue weighted by molar-refractivity contribution is -0.120. The van der Waals surface area contributed by atoms with Crippen LogP contribution in [0.3, 0.4) is 0 Å². The summed E-state index contributed by atoms with van der Waals surface area (Å²) in [7, 11) is 1.81. The molecular weight excluding hydrogens is 152 g/mol. The molecule has 0 aliphatic heterocycles. The van der Waals surface area contributed by atoms with E-state index in [9.17, 15) is 4.79 Å². The van der Waals surface area contributed by atoms with Crippen LogP contribution in [0.1, 0.15) is 33.1 Å². The van der Waals surface area contributed by atoms with E-state index in [1.54, 1.807) is 6.20 Å². The first kappa shape index (κ1) is 11.0. The van der Waals surface area contributed by atoms with E-state index in [0.29, 0.717) is 6.42 Å². The van der Waals surface area contributed by atoms with Crippen LogP contribution >= 0.6 is 0 Å². The molecule has 0 saturated heterocycles. The topological polar surface area (TPSA) is 41.1 Å². The maximum absolute atomic E-state index is 11.1. The highest BCUT2D eigenvalue weighted by Gasteiger charge is 1.98. The number of carbonyl (C=O) groups is 1. The fourth-order valence-corrected chi connectivity index (χ4v) is 0.872. The fraction of sp³-hybridized carbons (Fsp3) is 0.667. The van der Waals surface area contributed by atoms with Crippen LogP contribution in [-0.4, -0.2) is 13.0 Å². The van der Waals surface area contributed by atoms with E-state index in [1.807, 2.05) is 14.0 Å². The zero-order valence-electron chi connectivity index (χ0n) is 8.11. The molecule has 12 heavy (non-hydrogen) atoms. The minimum atomic E-state index is 0.0980. The zero-order chi connectivity index (χ0) is 9.40. The third-order valence-electron chi connectivity index (χ3n) is 1.45. The Labute approximate surface area is 74.2 Å². The average molecular weight is 170 g/mol. The highest BCUT2D eigenvalue weighted by atomic mass is 16.1. The molecule has 70 valence electrons. The molecule has 0 unspecified atom stereocenters. The summed E-state index contributed by atoms with van der Waals surface area (Å²) in [6.07, 6.45) is 4.40. The Kier molecular flexibility index (Phi) is 6.15. The van der Waals surface area contributed by atoms with E-state index in [0.717, 1.165) is 18.5 Å². The SMILES string of the molecule is CCCCC(=O)N/C(C)=C/NC. The predicted molar refractivity (Wildman–Crippen MR) is 50.5 cm³/mol. The second kappa shape index (κ2) is 6.70. The number of nitrogens with one attached hydrogen (secondary N) is 2. The Hall–Kier alpha value is -0.990. The van der Waals surface area contributed by atoms with Gasteiger partial charge < -0.3 is 10.6 Å². The van der Waals surface area contributed by atoms with Gasteiger partial charge in [0.2, 0.25) is 5.91 Å². The molecule has 0 aliphatic rings. The van der Waals surface area contributed by atoms with Gasteiger partial charge in [-0.25, -0.2) is 0 Å². The van der Waals surface area contributed by atoms with Crippen molar-refractivity contribution in [2.24, 2.45) is 0 Å². The van der Waals surface area contributed by atoms with Gasteiger partial charge in [-0.15, -0.1) is 0 Å².